The maximum Gasteiger partial charge on any atom is 0.184 e. The molecule has 43 heavy (non-hydrogen) atoms. The van der Waals surface area contributed by atoms with E-state index < -0.39 is 0 Å². The van der Waals surface area contributed by atoms with Crippen LogP contribution in [-0.2, 0) is 0 Å². The van der Waals surface area contributed by atoms with Crippen LogP contribution >= 0.6 is 0 Å². The first kappa shape index (κ1) is 25.3. The van der Waals surface area contributed by atoms with Gasteiger partial charge in [0.1, 0.15) is 12.0 Å². The molecule has 206 valence electrons. The Kier molecular flexibility index (Phi) is 6.32. The van der Waals surface area contributed by atoms with Gasteiger partial charge in [-0.2, -0.15) is 0 Å². The van der Waals surface area contributed by atoms with Crippen molar-refractivity contribution in [3.63, 3.8) is 0 Å². The van der Waals surface area contributed by atoms with Gasteiger partial charge in [-0.05, 0) is 28.3 Å². The zero-order chi connectivity index (χ0) is 28.6. The molecule has 2 heterocycles. The lowest BCUT2D eigenvalue weighted by Gasteiger charge is -2.33. The second-order valence-corrected chi connectivity index (χ2v) is 10.9. The predicted molar refractivity (Wildman–Crippen MR) is 178 cm³/mol. The number of hydrogen-bond donors (Lipinski definition) is 2. The minimum Gasteiger partial charge on any atom is -0.350 e. The van der Waals surface area contributed by atoms with E-state index in [-0.39, 0.29) is 12.5 Å². The van der Waals surface area contributed by atoms with E-state index in [2.05, 4.69) is 167 Å². The highest BCUT2D eigenvalue weighted by Crippen LogP contribution is 2.39. The van der Waals surface area contributed by atoms with Crippen molar-refractivity contribution in [1.29, 1.82) is 0 Å². The lowest BCUT2D eigenvalue weighted by atomic mass is 9.98. The maximum atomic E-state index is 5.32. The Hall–Kier alpha value is -5.45. The van der Waals surface area contributed by atoms with Gasteiger partial charge in [0.25, 0.3) is 0 Å². The van der Waals surface area contributed by atoms with Gasteiger partial charge < -0.3 is 9.88 Å². The maximum absolute atomic E-state index is 5.32. The van der Waals surface area contributed by atoms with Crippen molar-refractivity contribution in [2.45, 2.75) is 12.5 Å². The van der Waals surface area contributed by atoms with E-state index in [1.807, 2.05) is 6.07 Å². The van der Waals surface area contributed by atoms with Crippen molar-refractivity contribution in [3.8, 4) is 22.3 Å². The number of fused-ring (bicyclic) bond motifs is 3. The molecule has 0 bridgehead atoms. The number of rotatable bonds is 5. The van der Waals surface area contributed by atoms with Crippen molar-refractivity contribution in [2.75, 3.05) is 0 Å². The zero-order valence-electron chi connectivity index (χ0n) is 23.6. The molecule has 1 aliphatic rings. The van der Waals surface area contributed by atoms with Crippen LogP contribution in [0.4, 0.5) is 0 Å². The molecule has 0 saturated heterocycles. The highest BCUT2D eigenvalue weighted by Gasteiger charge is 2.28. The predicted octanol–water partition coefficient (Wildman–Crippen LogP) is 8.92. The first-order chi connectivity index (χ1) is 21.3. The van der Waals surface area contributed by atoms with Crippen LogP contribution in [-0.4, -0.2) is 10.4 Å². The van der Waals surface area contributed by atoms with Gasteiger partial charge in [-0.1, -0.05) is 152 Å². The number of aromatic nitrogens is 1. The summed E-state index contributed by atoms with van der Waals surface area (Å²) >= 11 is 0. The summed E-state index contributed by atoms with van der Waals surface area (Å²) in [5.74, 6) is 0.869. The van der Waals surface area contributed by atoms with E-state index in [1.54, 1.807) is 0 Å². The average molecular weight is 555 g/mol. The Labute approximate surface area is 251 Å². The SMILES string of the molecule is c1ccc(C2=NC(n3c4ccccc4c4cccc(-c5ccc(-c6ccccc6)cc5)c43)NC(c3ccccc3)N2)cc1. The highest BCUT2D eigenvalue weighted by atomic mass is 15.4. The molecular formula is C39H30N4. The van der Waals surface area contributed by atoms with Crippen LogP contribution < -0.4 is 10.6 Å². The van der Waals surface area contributed by atoms with E-state index in [9.17, 15) is 0 Å². The minimum atomic E-state index is -0.339. The van der Waals surface area contributed by atoms with Crippen LogP contribution in [0.2, 0.25) is 0 Å². The highest BCUT2D eigenvalue weighted by molar-refractivity contribution is 6.13. The fourth-order valence-electron chi connectivity index (χ4n) is 6.25. The molecule has 1 aromatic heterocycles. The minimum absolute atomic E-state index is 0.118. The second-order valence-electron chi connectivity index (χ2n) is 10.9. The molecule has 4 nitrogen and oxygen atoms in total. The molecule has 2 N–H and O–H groups in total. The Balaban J connectivity index is 1.33. The number of hydrogen-bond acceptors (Lipinski definition) is 3. The number of nitrogens with zero attached hydrogens (tertiary/aromatic N) is 2. The summed E-state index contributed by atoms with van der Waals surface area (Å²) in [5.41, 5.74) is 9.32. The lowest BCUT2D eigenvalue weighted by Crippen LogP contribution is -2.46. The first-order valence-electron chi connectivity index (χ1n) is 14.7. The van der Waals surface area contributed by atoms with E-state index in [1.165, 1.54) is 38.5 Å². The molecule has 0 saturated carbocycles. The van der Waals surface area contributed by atoms with Gasteiger partial charge in [0.05, 0.1) is 11.0 Å². The van der Waals surface area contributed by atoms with Crippen LogP contribution in [0.5, 0.6) is 0 Å². The Morgan fingerprint density at radius 1 is 0.488 bits per heavy atom. The quantitative estimate of drug-likeness (QED) is 0.223. The van der Waals surface area contributed by atoms with Gasteiger partial charge in [-0.25, -0.2) is 4.99 Å². The van der Waals surface area contributed by atoms with E-state index >= 15 is 0 Å². The number of amidine groups is 1. The molecule has 0 radical (unpaired) electrons. The third kappa shape index (κ3) is 4.58. The normalized spacial score (nSPS) is 16.6. The molecule has 0 fully saturated rings. The van der Waals surface area contributed by atoms with Crippen LogP contribution in [0.15, 0.2) is 163 Å². The molecule has 2 atom stereocenters. The van der Waals surface area contributed by atoms with Gasteiger partial charge in [-0.15, -0.1) is 0 Å². The monoisotopic (exact) mass is 554 g/mol. The molecule has 6 aromatic carbocycles. The summed E-state index contributed by atoms with van der Waals surface area (Å²) in [6.07, 6.45) is -0.457. The van der Waals surface area contributed by atoms with Gasteiger partial charge in [0.15, 0.2) is 6.29 Å². The fourth-order valence-corrected chi connectivity index (χ4v) is 6.25. The smallest absolute Gasteiger partial charge is 0.184 e. The Bertz CT molecular complexity index is 2060. The number of para-hydroxylation sites is 2. The molecular weight excluding hydrogens is 524 g/mol. The third-order valence-electron chi connectivity index (χ3n) is 8.31. The number of aliphatic imine (C=N–C) groups is 1. The van der Waals surface area contributed by atoms with Gasteiger partial charge in [0, 0.05) is 21.9 Å². The van der Waals surface area contributed by atoms with Crippen LogP contribution in [0.25, 0.3) is 44.1 Å². The number of benzene rings is 6. The molecule has 7 aromatic rings. The van der Waals surface area contributed by atoms with Gasteiger partial charge in [0.2, 0.25) is 0 Å². The van der Waals surface area contributed by atoms with Gasteiger partial charge >= 0.3 is 0 Å². The Morgan fingerprint density at radius 3 is 1.81 bits per heavy atom. The van der Waals surface area contributed by atoms with Crippen LogP contribution in [0.1, 0.15) is 23.6 Å². The summed E-state index contributed by atoms with van der Waals surface area (Å²) in [4.78, 5) is 5.32. The number of nitrogens with one attached hydrogen (secondary N) is 2. The van der Waals surface area contributed by atoms with Crippen molar-refractivity contribution in [1.82, 2.24) is 15.2 Å². The Morgan fingerprint density at radius 2 is 1.07 bits per heavy atom. The lowest BCUT2D eigenvalue weighted by molar-refractivity contribution is 0.341. The third-order valence-corrected chi connectivity index (χ3v) is 8.31. The molecule has 8 rings (SSSR count). The molecule has 0 aliphatic carbocycles. The van der Waals surface area contributed by atoms with Crippen LogP contribution in [0.3, 0.4) is 0 Å². The fraction of sp³-hybridized carbons (Fsp3) is 0.0513. The first-order valence-corrected chi connectivity index (χ1v) is 14.7. The van der Waals surface area contributed by atoms with Crippen molar-refractivity contribution in [3.05, 3.63) is 169 Å². The summed E-state index contributed by atoms with van der Waals surface area (Å²) < 4.78 is 2.38. The molecule has 1 aliphatic heterocycles. The summed E-state index contributed by atoms with van der Waals surface area (Å²) in [7, 11) is 0. The molecule has 2 unspecified atom stereocenters. The van der Waals surface area contributed by atoms with E-state index in [4.69, 9.17) is 4.99 Å². The topological polar surface area (TPSA) is 41.4 Å². The zero-order valence-corrected chi connectivity index (χ0v) is 23.6. The largest absolute Gasteiger partial charge is 0.350 e. The summed E-state index contributed by atoms with van der Waals surface area (Å²) in [6.45, 7) is 0. The molecule has 4 heteroatoms. The van der Waals surface area contributed by atoms with Crippen LogP contribution in [0, 0.1) is 0 Å². The standard InChI is InChI=1S/C39H30N4/c1-4-13-27(14-5-1)28-23-25-29(26-24-28)32-20-12-21-34-33-19-10-11-22-35(33)43(36(32)34)39-41-37(30-15-6-2-7-16-30)40-38(42-39)31-17-8-3-9-18-31/h1-26,37,39,41H,(H,40,42). The summed E-state index contributed by atoms with van der Waals surface area (Å²) in [5, 5.41) is 9.93. The van der Waals surface area contributed by atoms with Crippen molar-refractivity contribution >= 4 is 27.6 Å². The average Bonchev–Trinajstić information content (AvgIpc) is 3.44. The van der Waals surface area contributed by atoms with Crippen molar-refractivity contribution < 1.29 is 0 Å². The van der Waals surface area contributed by atoms with Gasteiger partial charge in [-0.3, -0.25) is 5.32 Å². The second kappa shape index (κ2) is 10.8. The molecule has 0 spiro atoms. The van der Waals surface area contributed by atoms with E-state index in [0.717, 1.165) is 22.5 Å². The van der Waals surface area contributed by atoms with E-state index in [0.29, 0.717) is 0 Å². The van der Waals surface area contributed by atoms with Crippen molar-refractivity contribution in [2.24, 2.45) is 4.99 Å². The molecule has 0 amide bonds. The summed E-state index contributed by atoms with van der Waals surface area (Å²) in [6, 6.07) is 55.6.